The van der Waals surface area contributed by atoms with E-state index < -0.39 is 10.2 Å². The molecule has 1 aliphatic heterocycles. The van der Waals surface area contributed by atoms with Crippen LogP contribution in [0.4, 0.5) is 0 Å². The average molecular weight is 341 g/mol. The highest BCUT2D eigenvalue weighted by Gasteiger charge is 2.40. The van der Waals surface area contributed by atoms with Crippen molar-refractivity contribution in [2.75, 3.05) is 34.3 Å². The molecule has 1 heterocycles. The van der Waals surface area contributed by atoms with Crippen LogP contribution in [0, 0.1) is 0 Å². The molecular formula is C15H23N3O4S. The highest BCUT2D eigenvalue weighted by molar-refractivity contribution is 7.86. The number of hydrogen-bond donors (Lipinski definition) is 1. The van der Waals surface area contributed by atoms with E-state index >= 15 is 0 Å². The number of carbonyl (C=O) groups is 1. The first-order valence-corrected chi connectivity index (χ1v) is 8.74. The summed E-state index contributed by atoms with van der Waals surface area (Å²) in [6, 6.07) is 7.23. The molecule has 0 radical (unpaired) electrons. The number of hydrogen-bond acceptors (Lipinski definition) is 4. The molecule has 0 bridgehead atoms. The number of ether oxygens (including phenoxy) is 1. The van der Waals surface area contributed by atoms with Crippen LogP contribution in [0.2, 0.25) is 0 Å². The van der Waals surface area contributed by atoms with E-state index in [2.05, 4.69) is 5.32 Å². The van der Waals surface area contributed by atoms with Crippen LogP contribution in [0.5, 0.6) is 5.75 Å². The number of carbonyl (C=O) groups excluding carboxylic acids is 1. The molecule has 1 saturated heterocycles. The van der Waals surface area contributed by atoms with Gasteiger partial charge in [-0.05, 0) is 17.7 Å². The lowest BCUT2D eigenvalue weighted by Gasteiger charge is -2.20. The van der Waals surface area contributed by atoms with E-state index in [-0.39, 0.29) is 24.4 Å². The van der Waals surface area contributed by atoms with Gasteiger partial charge in [0.05, 0.1) is 13.2 Å². The summed E-state index contributed by atoms with van der Waals surface area (Å²) in [5.41, 5.74) is 0.973. The van der Waals surface area contributed by atoms with Crippen LogP contribution in [0.3, 0.4) is 0 Å². The minimum Gasteiger partial charge on any atom is -0.497 e. The van der Waals surface area contributed by atoms with Gasteiger partial charge in [-0.25, -0.2) is 0 Å². The van der Waals surface area contributed by atoms with E-state index in [0.29, 0.717) is 6.54 Å². The fourth-order valence-electron chi connectivity index (χ4n) is 2.78. The third-order valence-corrected chi connectivity index (χ3v) is 5.88. The molecule has 128 valence electrons. The quantitative estimate of drug-likeness (QED) is 0.841. The maximum atomic E-state index is 12.4. The first-order valence-electron chi connectivity index (χ1n) is 7.34. The number of nitrogens with zero attached hydrogens (tertiary/aromatic N) is 2. The zero-order valence-electron chi connectivity index (χ0n) is 13.8. The van der Waals surface area contributed by atoms with E-state index in [1.165, 1.54) is 29.6 Å². The lowest BCUT2D eigenvalue weighted by molar-refractivity contribution is -0.119. The van der Waals surface area contributed by atoms with Crippen molar-refractivity contribution in [1.82, 2.24) is 13.9 Å². The van der Waals surface area contributed by atoms with Crippen molar-refractivity contribution in [3.05, 3.63) is 29.8 Å². The standard InChI is InChI=1S/C15H23N3O4S/c1-11(19)16-15-10-18(23(20,21)17(2)3)9-14(15)12-5-7-13(22-4)8-6-12/h5-8,14-15H,9-10H2,1-4H3,(H,16,19)/t14-,15+/m0/s1. The molecule has 1 aliphatic rings. The van der Waals surface area contributed by atoms with Gasteiger partial charge in [-0.1, -0.05) is 12.1 Å². The first kappa shape index (κ1) is 17.7. The lowest BCUT2D eigenvalue weighted by Crippen LogP contribution is -2.42. The van der Waals surface area contributed by atoms with Crippen molar-refractivity contribution in [3.63, 3.8) is 0 Å². The smallest absolute Gasteiger partial charge is 0.281 e. The molecule has 1 fully saturated rings. The molecule has 1 aromatic rings. The molecular weight excluding hydrogens is 318 g/mol. The third kappa shape index (κ3) is 3.82. The second kappa shape index (κ2) is 6.86. The molecule has 1 amide bonds. The Morgan fingerprint density at radius 2 is 1.87 bits per heavy atom. The highest BCUT2D eigenvalue weighted by atomic mass is 32.2. The van der Waals surface area contributed by atoms with E-state index in [1.807, 2.05) is 24.3 Å². The van der Waals surface area contributed by atoms with Crippen LogP contribution in [0.15, 0.2) is 24.3 Å². The molecule has 2 atom stereocenters. The van der Waals surface area contributed by atoms with E-state index in [4.69, 9.17) is 4.74 Å². The van der Waals surface area contributed by atoms with Gasteiger partial charge >= 0.3 is 0 Å². The highest BCUT2D eigenvalue weighted by Crippen LogP contribution is 2.31. The largest absolute Gasteiger partial charge is 0.497 e. The van der Waals surface area contributed by atoms with E-state index in [1.54, 1.807) is 7.11 Å². The summed E-state index contributed by atoms with van der Waals surface area (Å²) in [5.74, 6) is 0.470. The van der Waals surface area contributed by atoms with Gasteiger partial charge < -0.3 is 10.1 Å². The van der Waals surface area contributed by atoms with Crippen LogP contribution in [-0.4, -0.2) is 63.3 Å². The Balaban J connectivity index is 2.29. The van der Waals surface area contributed by atoms with Crippen LogP contribution in [-0.2, 0) is 15.0 Å². The van der Waals surface area contributed by atoms with Gasteiger partial charge in [0.15, 0.2) is 0 Å². The molecule has 1 aromatic carbocycles. The molecule has 2 rings (SSSR count). The molecule has 0 unspecified atom stereocenters. The Kier molecular flexibility index (Phi) is 5.28. The van der Waals surface area contributed by atoms with Gasteiger partial charge in [0.1, 0.15) is 5.75 Å². The maximum absolute atomic E-state index is 12.4. The predicted molar refractivity (Wildman–Crippen MR) is 87.5 cm³/mol. The van der Waals surface area contributed by atoms with Gasteiger partial charge in [0.2, 0.25) is 5.91 Å². The molecule has 0 aliphatic carbocycles. The predicted octanol–water partition coefficient (Wildman–Crippen LogP) is 0.406. The van der Waals surface area contributed by atoms with Gasteiger partial charge in [-0.3, -0.25) is 4.79 Å². The number of benzene rings is 1. The van der Waals surface area contributed by atoms with Crippen LogP contribution in [0.25, 0.3) is 0 Å². The lowest BCUT2D eigenvalue weighted by atomic mass is 9.94. The normalized spacial score (nSPS) is 22.3. The molecule has 1 N–H and O–H groups in total. The molecule has 0 spiro atoms. The minimum atomic E-state index is -3.51. The summed E-state index contributed by atoms with van der Waals surface area (Å²) in [6.07, 6.45) is 0. The molecule has 8 heteroatoms. The second-order valence-corrected chi connectivity index (χ2v) is 7.94. The van der Waals surface area contributed by atoms with Crippen LogP contribution in [0.1, 0.15) is 18.4 Å². The molecule has 7 nitrogen and oxygen atoms in total. The molecule has 0 aromatic heterocycles. The molecule has 23 heavy (non-hydrogen) atoms. The zero-order chi connectivity index (χ0) is 17.2. The van der Waals surface area contributed by atoms with Crippen molar-refractivity contribution in [1.29, 1.82) is 0 Å². The summed E-state index contributed by atoms with van der Waals surface area (Å²) in [6.45, 7) is 2.03. The Labute approximate surface area is 137 Å². The average Bonchev–Trinajstić information content (AvgIpc) is 2.91. The minimum absolute atomic E-state index is 0.0977. The fourth-order valence-corrected chi connectivity index (χ4v) is 3.94. The zero-order valence-corrected chi connectivity index (χ0v) is 14.6. The maximum Gasteiger partial charge on any atom is 0.281 e. The summed E-state index contributed by atoms with van der Waals surface area (Å²) in [7, 11) is 1.09. The number of methoxy groups -OCH3 is 1. The van der Waals surface area contributed by atoms with Crippen LogP contribution < -0.4 is 10.1 Å². The second-order valence-electron chi connectivity index (χ2n) is 5.79. The first-order chi connectivity index (χ1) is 10.8. The number of nitrogens with one attached hydrogen (secondary N) is 1. The van der Waals surface area contributed by atoms with Crippen molar-refractivity contribution < 1.29 is 17.9 Å². The van der Waals surface area contributed by atoms with Gasteiger partial charge in [0, 0.05) is 40.0 Å². The van der Waals surface area contributed by atoms with Crippen molar-refractivity contribution in [2.45, 2.75) is 18.9 Å². The Morgan fingerprint density at radius 1 is 1.26 bits per heavy atom. The summed E-state index contributed by atoms with van der Waals surface area (Å²) < 4.78 is 32.5. The monoisotopic (exact) mass is 341 g/mol. The van der Waals surface area contributed by atoms with Gasteiger partial charge in [-0.15, -0.1) is 0 Å². The van der Waals surface area contributed by atoms with E-state index in [9.17, 15) is 13.2 Å². The number of rotatable bonds is 5. The topological polar surface area (TPSA) is 79.0 Å². The van der Waals surface area contributed by atoms with Crippen molar-refractivity contribution in [2.24, 2.45) is 0 Å². The Morgan fingerprint density at radius 3 is 2.35 bits per heavy atom. The third-order valence-electron chi connectivity index (χ3n) is 4.01. The Hall–Kier alpha value is -1.64. The molecule has 0 saturated carbocycles. The summed E-state index contributed by atoms with van der Waals surface area (Å²) in [4.78, 5) is 11.5. The van der Waals surface area contributed by atoms with Crippen LogP contribution >= 0.6 is 0 Å². The van der Waals surface area contributed by atoms with Gasteiger partial charge in [0.25, 0.3) is 10.2 Å². The summed E-state index contributed by atoms with van der Waals surface area (Å²) >= 11 is 0. The fraction of sp³-hybridized carbons (Fsp3) is 0.533. The Bertz CT molecular complexity index is 658. The van der Waals surface area contributed by atoms with E-state index in [0.717, 1.165) is 11.3 Å². The van der Waals surface area contributed by atoms with Gasteiger partial charge in [-0.2, -0.15) is 17.0 Å². The van der Waals surface area contributed by atoms with Crippen molar-refractivity contribution >= 4 is 16.1 Å². The number of amides is 1. The summed E-state index contributed by atoms with van der Waals surface area (Å²) in [5, 5.41) is 2.87. The SMILES string of the molecule is COc1ccc([C@@H]2CN(S(=O)(=O)N(C)C)C[C@H]2NC(C)=O)cc1. The van der Waals surface area contributed by atoms with Crippen molar-refractivity contribution in [3.8, 4) is 5.75 Å².